The zero-order valence-corrected chi connectivity index (χ0v) is 12.9. The van der Waals surface area contributed by atoms with E-state index in [9.17, 15) is 9.59 Å². The van der Waals surface area contributed by atoms with Gasteiger partial charge in [0, 0.05) is 12.3 Å². The maximum atomic E-state index is 11.7. The molecule has 0 saturated heterocycles. The lowest BCUT2D eigenvalue weighted by Gasteiger charge is -2.07. The number of aromatic nitrogens is 1. The van der Waals surface area contributed by atoms with Crippen LogP contribution in [-0.2, 0) is 11.3 Å². The van der Waals surface area contributed by atoms with Gasteiger partial charge >= 0.3 is 0 Å². The molecule has 0 bridgehead atoms. The van der Waals surface area contributed by atoms with Crippen LogP contribution in [0, 0.1) is 0 Å². The Labute approximate surface area is 133 Å². The van der Waals surface area contributed by atoms with Gasteiger partial charge in [0.15, 0.2) is 11.5 Å². The van der Waals surface area contributed by atoms with Crippen molar-refractivity contribution < 1.29 is 14.3 Å². The van der Waals surface area contributed by atoms with Crippen LogP contribution in [0.5, 0.6) is 11.5 Å². The van der Waals surface area contributed by atoms with Crippen LogP contribution >= 0.6 is 0 Å². The molecule has 120 valence electrons. The molecular formula is C16H17N3O4. The molecule has 7 heteroatoms. The highest BCUT2D eigenvalue weighted by Crippen LogP contribution is 2.26. The van der Waals surface area contributed by atoms with Gasteiger partial charge in [-0.3, -0.25) is 9.59 Å². The molecule has 2 rings (SSSR count). The number of hydrazone groups is 1. The predicted octanol–water partition coefficient (Wildman–Crippen LogP) is 1.02. The van der Waals surface area contributed by atoms with E-state index in [1.165, 1.54) is 24.0 Å². The second-order valence-electron chi connectivity index (χ2n) is 4.57. The minimum Gasteiger partial charge on any atom is -0.493 e. The van der Waals surface area contributed by atoms with Crippen molar-refractivity contribution in [3.63, 3.8) is 0 Å². The van der Waals surface area contributed by atoms with Crippen LogP contribution in [0.25, 0.3) is 0 Å². The van der Waals surface area contributed by atoms with Crippen LogP contribution in [0.15, 0.2) is 52.5 Å². The topological polar surface area (TPSA) is 81.9 Å². The van der Waals surface area contributed by atoms with Gasteiger partial charge in [0.05, 0.1) is 20.4 Å². The van der Waals surface area contributed by atoms with Gasteiger partial charge < -0.3 is 14.0 Å². The molecule has 0 spiro atoms. The Hall–Kier alpha value is -3.09. The molecule has 0 radical (unpaired) electrons. The van der Waals surface area contributed by atoms with Gasteiger partial charge in [-0.15, -0.1) is 0 Å². The summed E-state index contributed by atoms with van der Waals surface area (Å²) in [5, 5.41) is 3.86. The first-order chi connectivity index (χ1) is 11.1. The van der Waals surface area contributed by atoms with Crippen LogP contribution in [0.3, 0.4) is 0 Å². The van der Waals surface area contributed by atoms with Crippen LogP contribution in [0.1, 0.15) is 5.56 Å². The molecule has 0 saturated carbocycles. The zero-order chi connectivity index (χ0) is 16.7. The molecule has 0 aliphatic heterocycles. The standard InChI is InChI=1S/C16H17N3O4/c1-22-13-7-6-12(9-14(13)23-2)10-17-18-15(20)11-19-8-4-3-5-16(19)21/h3-10H,11H2,1-2H3,(H,18,20)/b17-10-. The SMILES string of the molecule is COc1ccc(/C=N\NC(=O)Cn2ccccc2=O)cc1OC. The number of pyridine rings is 1. The maximum Gasteiger partial charge on any atom is 0.260 e. The Balaban J connectivity index is 1.97. The van der Waals surface area contributed by atoms with Crippen LogP contribution in [-0.4, -0.2) is 30.9 Å². The van der Waals surface area contributed by atoms with Crippen molar-refractivity contribution in [1.82, 2.24) is 9.99 Å². The summed E-state index contributed by atoms with van der Waals surface area (Å²) < 4.78 is 11.6. The Morgan fingerprint density at radius 3 is 2.70 bits per heavy atom. The number of benzene rings is 1. The quantitative estimate of drug-likeness (QED) is 0.637. The van der Waals surface area contributed by atoms with E-state index < -0.39 is 5.91 Å². The number of nitrogens with one attached hydrogen (secondary N) is 1. The van der Waals surface area contributed by atoms with Crippen LogP contribution < -0.4 is 20.5 Å². The second kappa shape index (κ2) is 7.79. The van der Waals surface area contributed by atoms with Gasteiger partial charge in [0.2, 0.25) is 0 Å². The number of methoxy groups -OCH3 is 2. The molecular weight excluding hydrogens is 298 g/mol. The fraction of sp³-hybridized carbons (Fsp3) is 0.188. The Bertz CT molecular complexity index is 768. The monoisotopic (exact) mass is 315 g/mol. The lowest BCUT2D eigenvalue weighted by molar-refractivity contribution is -0.121. The summed E-state index contributed by atoms with van der Waals surface area (Å²) in [7, 11) is 3.09. The number of hydrogen-bond acceptors (Lipinski definition) is 5. The van der Waals surface area contributed by atoms with Gasteiger partial charge in [-0.2, -0.15) is 5.10 Å². The van der Waals surface area contributed by atoms with E-state index in [-0.39, 0.29) is 12.1 Å². The van der Waals surface area contributed by atoms with E-state index in [4.69, 9.17) is 9.47 Å². The van der Waals surface area contributed by atoms with Gasteiger partial charge in [-0.25, -0.2) is 5.43 Å². The number of carbonyl (C=O) groups excluding carboxylic acids is 1. The lowest BCUT2D eigenvalue weighted by atomic mass is 10.2. The first-order valence-corrected chi connectivity index (χ1v) is 6.83. The fourth-order valence-corrected chi connectivity index (χ4v) is 1.89. The summed E-state index contributed by atoms with van der Waals surface area (Å²) in [6, 6.07) is 9.94. The molecule has 1 heterocycles. The normalized spacial score (nSPS) is 10.5. The van der Waals surface area contributed by atoms with Crippen molar-refractivity contribution in [3.8, 4) is 11.5 Å². The molecule has 0 aliphatic carbocycles. The smallest absolute Gasteiger partial charge is 0.260 e. The number of rotatable bonds is 6. The molecule has 1 amide bonds. The molecule has 2 aromatic rings. The van der Waals surface area contributed by atoms with E-state index in [1.807, 2.05) is 0 Å². The summed E-state index contributed by atoms with van der Waals surface area (Å²) in [4.78, 5) is 23.2. The van der Waals surface area contributed by atoms with Crippen LogP contribution in [0.4, 0.5) is 0 Å². The highest BCUT2D eigenvalue weighted by Gasteiger charge is 2.04. The third-order valence-corrected chi connectivity index (χ3v) is 3.02. The van der Waals surface area contributed by atoms with Crippen LogP contribution in [0.2, 0.25) is 0 Å². The number of nitrogens with zero attached hydrogens (tertiary/aromatic N) is 2. The number of ether oxygens (including phenoxy) is 2. The van der Waals surface area contributed by atoms with E-state index in [0.717, 1.165) is 5.56 Å². The first kappa shape index (κ1) is 16.3. The molecule has 23 heavy (non-hydrogen) atoms. The summed E-state index contributed by atoms with van der Waals surface area (Å²) in [6.07, 6.45) is 3.02. The minimum absolute atomic E-state index is 0.0943. The van der Waals surface area contributed by atoms with Gasteiger partial charge in [-0.05, 0) is 29.8 Å². The largest absolute Gasteiger partial charge is 0.493 e. The van der Waals surface area contributed by atoms with Crippen molar-refractivity contribution >= 4 is 12.1 Å². The summed E-state index contributed by atoms with van der Waals surface area (Å²) in [5.41, 5.74) is 2.86. The third kappa shape index (κ3) is 4.44. The number of carbonyl (C=O) groups is 1. The van der Waals surface area contributed by atoms with Crippen molar-refractivity contribution in [3.05, 3.63) is 58.5 Å². The van der Waals surface area contributed by atoms with E-state index in [1.54, 1.807) is 43.6 Å². The molecule has 0 atom stereocenters. The first-order valence-electron chi connectivity index (χ1n) is 6.83. The Morgan fingerprint density at radius 1 is 1.22 bits per heavy atom. The molecule has 7 nitrogen and oxygen atoms in total. The maximum absolute atomic E-state index is 11.7. The van der Waals surface area contributed by atoms with Crippen molar-refractivity contribution in [2.45, 2.75) is 6.54 Å². The highest BCUT2D eigenvalue weighted by atomic mass is 16.5. The summed E-state index contributed by atoms with van der Waals surface area (Å²) in [6.45, 7) is -0.0943. The van der Waals surface area contributed by atoms with E-state index >= 15 is 0 Å². The lowest BCUT2D eigenvalue weighted by Crippen LogP contribution is -2.28. The second-order valence-corrected chi connectivity index (χ2v) is 4.57. The molecule has 1 N–H and O–H groups in total. The minimum atomic E-state index is -0.393. The van der Waals surface area contributed by atoms with E-state index in [0.29, 0.717) is 11.5 Å². The average molecular weight is 315 g/mol. The zero-order valence-electron chi connectivity index (χ0n) is 12.9. The third-order valence-electron chi connectivity index (χ3n) is 3.02. The highest BCUT2D eigenvalue weighted by molar-refractivity contribution is 5.83. The number of hydrogen-bond donors (Lipinski definition) is 1. The average Bonchev–Trinajstić information content (AvgIpc) is 2.56. The van der Waals surface area contributed by atoms with Crippen molar-refractivity contribution in [2.75, 3.05) is 14.2 Å². The van der Waals surface area contributed by atoms with Gasteiger partial charge in [0.1, 0.15) is 6.54 Å². The van der Waals surface area contributed by atoms with Crippen molar-refractivity contribution in [2.24, 2.45) is 5.10 Å². The van der Waals surface area contributed by atoms with Crippen molar-refractivity contribution in [1.29, 1.82) is 0 Å². The molecule has 1 aromatic heterocycles. The number of amides is 1. The van der Waals surface area contributed by atoms with E-state index in [2.05, 4.69) is 10.5 Å². The molecule has 1 aromatic carbocycles. The van der Waals surface area contributed by atoms with Gasteiger partial charge in [-0.1, -0.05) is 6.07 Å². The van der Waals surface area contributed by atoms with Gasteiger partial charge in [0.25, 0.3) is 11.5 Å². The predicted molar refractivity (Wildman–Crippen MR) is 86.0 cm³/mol. The molecule has 0 fully saturated rings. The summed E-state index contributed by atoms with van der Waals surface area (Å²) in [5.74, 6) is 0.783. The summed E-state index contributed by atoms with van der Waals surface area (Å²) >= 11 is 0. The molecule has 0 unspecified atom stereocenters. The fourth-order valence-electron chi connectivity index (χ4n) is 1.89. The Kier molecular flexibility index (Phi) is 5.51. The molecule has 0 aliphatic rings. The Morgan fingerprint density at radius 2 is 2.00 bits per heavy atom.